The predicted molar refractivity (Wildman–Crippen MR) is 100 cm³/mol. The first-order chi connectivity index (χ1) is 12.6. The molecular weight excluding hydrogens is 332 g/mol. The molecule has 0 aromatic heterocycles. The van der Waals surface area contributed by atoms with Crippen molar-refractivity contribution in [2.45, 2.75) is 51.5 Å². The molecule has 3 N–H and O–H groups in total. The summed E-state index contributed by atoms with van der Waals surface area (Å²) in [5.74, 6) is 0.342. The Morgan fingerprint density at radius 3 is 2.62 bits per heavy atom. The zero-order valence-corrected chi connectivity index (χ0v) is 15.5. The fraction of sp³-hybridized carbons (Fsp3) is 0.600. The van der Waals surface area contributed by atoms with Crippen molar-refractivity contribution in [1.29, 1.82) is 0 Å². The van der Waals surface area contributed by atoms with E-state index in [9.17, 15) is 14.7 Å². The zero-order valence-electron chi connectivity index (χ0n) is 15.5. The highest BCUT2D eigenvalue weighted by Crippen LogP contribution is 2.23. The van der Waals surface area contributed by atoms with Crippen LogP contribution in [0.25, 0.3) is 0 Å². The zero-order chi connectivity index (χ0) is 18.8. The van der Waals surface area contributed by atoms with Gasteiger partial charge in [0.25, 0.3) is 5.91 Å². The minimum atomic E-state index is -0.289. The molecule has 26 heavy (non-hydrogen) atoms. The van der Waals surface area contributed by atoms with Crippen LogP contribution in [0.3, 0.4) is 0 Å². The van der Waals surface area contributed by atoms with Crippen molar-refractivity contribution in [2.24, 2.45) is 5.92 Å². The summed E-state index contributed by atoms with van der Waals surface area (Å²) in [4.78, 5) is 24.2. The second kappa shape index (κ2) is 10.8. The molecule has 1 fully saturated rings. The molecule has 0 radical (unpaired) electrons. The lowest BCUT2D eigenvalue weighted by atomic mass is 9.85. The highest BCUT2D eigenvalue weighted by Gasteiger charge is 2.25. The van der Waals surface area contributed by atoms with Crippen molar-refractivity contribution in [3.8, 4) is 5.75 Å². The highest BCUT2D eigenvalue weighted by atomic mass is 16.5. The first kappa shape index (κ1) is 20.2. The van der Waals surface area contributed by atoms with Gasteiger partial charge in [-0.3, -0.25) is 9.59 Å². The van der Waals surface area contributed by atoms with Crippen molar-refractivity contribution < 1.29 is 19.4 Å². The van der Waals surface area contributed by atoms with E-state index in [-0.39, 0.29) is 36.9 Å². The van der Waals surface area contributed by atoms with Crippen molar-refractivity contribution in [3.05, 3.63) is 29.8 Å². The Labute approximate surface area is 155 Å². The molecular formula is C20H30N2O4. The molecule has 1 aliphatic carbocycles. The Kier molecular flexibility index (Phi) is 8.41. The Hall–Kier alpha value is -2.08. The summed E-state index contributed by atoms with van der Waals surface area (Å²) < 4.78 is 5.57. The monoisotopic (exact) mass is 362 g/mol. The minimum Gasteiger partial charge on any atom is -0.494 e. The largest absolute Gasteiger partial charge is 0.494 e. The van der Waals surface area contributed by atoms with Gasteiger partial charge in [-0.25, -0.2) is 0 Å². The van der Waals surface area contributed by atoms with Gasteiger partial charge in [0.2, 0.25) is 5.91 Å². The number of hydrogen-bond acceptors (Lipinski definition) is 4. The van der Waals surface area contributed by atoms with Crippen molar-refractivity contribution in [1.82, 2.24) is 10.6 Å². The number of aliphatic hydroxyl groups is 1. The van der Waals surface area contributed by atoms with Crippen LogP contribution in [-0.2, 0) is 4.79 Å². The van der Waals surface area contributed by atoms with Crippen LogP contribution in [0.5, 0.6) is 5.75 Å². The number of carbonyl (C=O) groups is 2. The summed E-state index contributed by atoms with van der Waals surface area (Å²) >= 11 is 0. The third kappa shape index (κ3) is 6.33. The number of rotatable bonds is 9. The summed E-state index contributed by atoms with van der Waals surface area (Å²) in [6.07, 6.45) is 6.02. The molecule has 2 rings (SSSR count). The minimum absolute atomic E-state index is 0.00212. The molecule has 0 spiro atoms. The van der Waals surface area contributed by atoms with E-state index in [2.05, 4.69) is 17.6 Å². The Morgan fingerprint density at radius 2 is 1.92 bits per heavy atom. The molecule has 1 aromatic rings. The fourth-order valence-electron chi connectivity index (χ4n) is 3.17. The third-order valence-corrected chi connectivity index (χ3v) is 4.78. The number of unbranched alkanes of at least 4 members (excludes halogenated alkanes) is 1. The second-order valence-corrected chi connectivity index (χ2v) is 6.81. The summed E-state index contributed by atoms with van der Waals surface area (Å²) in [6.45, 7) is 2.79. The maximum atomic E-state index is 12.2. The van der Waals surface area contributed by atoms with Crippen molar-refractivity contribution in [2.75, 3.05) is 19.8 Å². The van der Waals surface area contributed by atoms with Gasteiger partial charge in [0, 0.05) is 24.1 Å². The van der Waals surface area contributed by atoms with Gasteiger partial charge in [0.15, 0.2) is 0 Å². The molecule has 144 valence electrons. The second-order valence-electron chi connectivity index (χ2n) is 6.81. The molecule has 1 saturated carbocycles. The summed E-state index contributed by atoms with van der Waals surface area (Å²) in [5.41, 5.74) is 0.492. The highest BCUT2D eigenvalue weighted by molar-refractivity contribution is 5.96. The molecule has 0 saturated heterocycles. The first-order valence-corrected chi connectivity index (χ1v) is 9.55. The lowest BCUT2D eigenvalue weighted by molar-refractivity contribution is -0.121. The van der Waals surface area contributed by atoms with Crippen LogP contribution < -0.4 is 15.4 Å². The van der Waals surface area contributed by atoms with Crippen LogP contribution in [0.2, 0.25) is 0 Å². The van der Waals surface area contributed by atoms with Crippen molar-refractivity contribution >= 4 is 11.8 Å². The van der Waals surface area contributed by atoms with E-state index in [1.165, 1.54) is 0 Å². The average Bonchev–Trinajstić information content (AvgIpc) is 2.67. The lowest BCUT2D eigenvalue weighted by Gasteiger charge is -2.30. The molecule has 6 heteroatoms. The van der Waals surface area contributed by atoms with Crippen LogP contribution in [0.15, 0.2) is 24.3 Å². The lowest BCUT2D eigenvalue weighted by Crippen LogP contribution is -2.47. The number of hydrogen-bond donors (Lipinski definition) is 3. The normalized spacial score (nSPS) is 19.6. The van der Waals surface area contributed by atoms with Gasteiger partial charge >= 0.3 is 0 Å². The standard InChI is InChI=1S/C20H30N2O4/c1-2-3-12-26-17-10-8-15(9-11-17)20(25)21-13-19(24)22-18-7-5-4-6-16(18)14-23/h8-11,16,18,23H,2-7,12-14H2,1H3,(H,21,25)(H,22,24). The van der Waals surface area contributed by atoms with E-state index in [0.717, 1.165) is 44.3 Å². The van der Waals surface area contributed by atoms with Crippen molar-refractivity contribution in [3.63, 3.8) is 0 Å². The molecule has 0 heterocycles. The average molecular weight is 362 g/mol. The van der Waals surface area contributed by atoms with Gasteiger partial charge in [-0.15, -0.1) is 0 Å². The molecule has 1 aromatic carbocycles. The van der Waals surface area contributed by atoms with Crippen LogP contribution in [0.1, 0.15) is 55.8 Å². The van der Waals surface area contributed by atoms with E-state index in [4.69, 9.17) is 4.74 Å². The van der Waals surface area contributed by atoms with E-state index in [1.807, 2.05) is 0 Å². The quantitative estimate of drug-likeness (QED) is 0.588. The fourth-order valence-corrected chi connectivity index (χ4v) is 3.17. The van der Waals surface area contributed by atoms with Crippen LogP contribution in [0, 0.1) is 5.92 Å². The topological polar surface area (TPSA) is 87.7 Å². The van der Waals surface area contributed by atoms with Gasteiger partial charge in [-0.05, 0) is 43.5 Å². The number of amides is 2. The first-order valence-electron chi connectivity index (χ1n) is 9.55. The molecule has 2 amide bonds. The summed E-state index contributed by atoms with van der Waals surface area (Å²) in [6, 6.07) is 6.91. The SMILES string of the molecule is CCCCOc1ccc(C(=O)NCC(=O)NC2CCCCC2CO)cc1. The van der Waals surface area contributed by atoms with E-state index >= 15 is 0 Å². The number of carbonyl (C=O) groups excluding carboxylic acids is 2. The molecule has 0 aliphatic heterocycles. The van der Waals surface area contributed by atoms with Crippen LogP contribution in [-0.4, -0.2) is 42.7 Å². The maximum Gasteiger partial charge on any atom is 0.251 e. The molecule has 6 nitrogen and oxygen atoms in total. The number of aliphatic hydroxyl groups excluding tert-OH is 1. The van der Waals surface area contributed by atoms with E-state index < -0.39 is 0 Å². The number of nitrogens with one attached hydrogen (secondary N) is 2. The molecule has 2 unspecified atom stereocenters. The van der Waals surface area contributed by atoms with E-state index in [1.54, 1.807) is 24.3 Å². The van der Waals surface area contributed by atoms with Gasteiger partial charge in [-0.2, -0.15) is 0 Å². The van der Waals surface area contributed by atoms with Crippen LogP contribution >= 0.6 is 0 Å². The number of ether oxygens (including phenoxy) is 1. The third-order valence-electron chi connectivity index (χ3n) is 4.78. The molecule has 0 bridgehead atoms. The predicted octanol–water partition coefficient (Wildman–Crippen LogP) is 2.26. The van der Waals surface area contributed by atoms with Gasteiger partial charge in [0.05, 0.1) is 13.2 Å². The van der Waals surface area contributed by atoms with Gasteiger partial charge < -0.3 is 20.5 Å². The summed E-state index contributed by atoms with van der Waals surface area (Å²) in [5, 5.41) is 15.0. The summed E-state index contributed by atoms with van der Waals surface area (Å²) in [7, 11) is 0. The Morgan fingerprint density at radius 1 is 1.19 bits per heavy atom. The smallest absolute Gasteiger partial charge is 0.251 e. The van der Waals surface area contributed by atoms with E-state index in [0.29, 0.717) is 12.2 Å². The Bertz CT molecular complexity index is 574. The van der Waals surface area contributed by atoms with Gasteiger partial charge in [-0.1, -0.05) is 26.2 Å². The molecule has 1 aliphatic rings. The molecule has 2 atom stereocenters. The van der Waals surface area contributed by atoms with Crippen LogP contribution in [0.4, 0.5) is 0 Å². The number of benzene rings is 1. The Balaban J connectivity index is 1.75. The van der Waals surface area contributed by atoms with Gasteiger partial charge in [0.1, 0.15) is 5.75 Å². The maximum absolute atomic E-state index is 12.2.